The summed E-state index contributed by atoms with van der Waals surface area (Å²) in [5, 5.41) is 3.56. The lowest BCUT2D eigenvalue weighted by Gasteiger charge is -2.04. The number of halogens is 1. The Morgan fingerprint density at radius 3 is 2.38 bits per heavy atom. The molecule has 2 amide bonds. The molecular weight excluding hydrogens is 353 g/mol. The molecule has 0 aliphatic heterocycles. The molecule has 132 valence electrons. The van der Waals surface area contributed by atoms with E-state index in [-0.39, 0.29) is 11.7 Å². The van der Waals surface area contributed by atoms with Crippen molar-refractivity contribution in [3.8, 4) is 0 Å². The molecule has 1 aromatic heterocycles. The lowest BCUT2D eigenvalue weighted by atomic mass is 10.1. The topological polar surface area (TPSA) is 85.1 Å². The van der Waals surface area contributed by atoms with Gasteiger partial charge in [0.1, 0.15) is 10.7 Å². The van der Waals surface area contributed by atoms with Gasteiger partial charge in [-0.1, -0.05) is 12.1 Å². The van der Waals surface area contributed by atoms with Crippen molar-refractivity contribution in [1.29, 1.82) is 0 Å². The second kappa shape index (κ2) is 7.45. The molecule has 0 spiro atoms. The first-order valence-corrected chi connectivity index (χ1v) is 8.66. The first-order valence-electron chi connectivity index (χ1n) is 7.84. The molecular formula is C19H16FN3O2S. The number of rotatable bonds is 5. The van der Waals surface area contributed by atoms with E-state index in [1.807, 2.05) is 0 Å². The fourth-order valence-corrected chi connectivity index (χ4v) is 3.42. The van der Waals surface area contributed by atoms with E-state index < -0.39 is 5.91 Å². The molecule has 3 rings (SSSR count). The molecule has 5 nitrogen and oxygen atoms in total. The molecule has 0 saturated heterocycles. The lowest BCUT2D eigenvalue weighted by molar-refractivity contribution is 0.0998. The molecule has 0 bridgehead atoms. The van der Waals surface area contributed by atoms with Crippen molar-refractivity contribution >= 4 is 28.8 Å². The molecule has 0 unspecified atom stereocenters. The molecule has 26 heavy (non-hydrogen) atoms. The third-order valence-electron chi connectivity index (χ3n) is 3.74. The highest BCUT2D eigenvalue weighted by Gasteiger charge is 2.16. The number of nitrogens with zero attached hydrogens (tertiary/aromatic N) is 1. The Morgan fingerprint density at radius 1 is 1.12 bits per heavy atom. The lowest BCUT2D eigenvalue weighted by Crippen LogP contribution is -2.13. The van der Waals surface area contributed by atoms with Gasteiger partial charge in [-0.2, -0.15) is 0 Å². The third kappa shape index (κ3) is 4.12. The van der Waals surface area contributed by atoms with Gasteiger partial charge < -0.3 is 11.1 Å². The highest BCUT2D eigenvalue weighted by atomic mass is 32.1. The molecule has 7 heteroatoms. The SMILES string of the molecule is Cc1nc(Cc2ccc(F)cc2)sc1C(=O)Nc1ccc(C(N)=O)cc1. The minimum absolute atomic E-state index is 0.266. The molecule has 3 N–H and O–H groups in total. The minimum atomic E-state index is -0.522. The van der Waals surface area contributed by atoms with Gasteiger partial charge in [-0.05, 0) is 48.9 Å². The van der Waals surface area contributed by atoms with E-state index in [2.05, 4.69) is 10.3 Å². The number of primary amides is 1. The molecule has 2 aromatic carbocycles. The van der Waals surface area contributed by atoms with Gasteiger partial charge in [0, 0.05) is 17.7 Å². The predicted molar refractivity (Wildman–Crippen MR) is 99.0 cm³/mol. The second-order valence-electron chi connectivity index (χ2n) is 5.72. The van der Waals surface area contributed by atoms with E-state index in [4.69, 9.17) is 5.73 Å². The van der Waals surface area contributed by atoms with Crippen LogP contribution in [0.1, 0.15) is 36.3 Å². The monoisotopic (exact) mass is 369 g/mol. The smallest absolute Gasteiger partial charge is 0.267 e. The van der Waals surface area contributed by atoms with Gasteiger partial charge in [-0.25, -0.2) is 9.37 Å². The summed E-state index contributed by atoms with van der Waals surface area (Å²) in [4.78, 5) is 28.5. The zero-order valence-electron chi connectivity index (χ0n) is 14.0. The zero-order chi connectivity index (χ0) is 18.7. The predicted octanol–water partition coefficient (Wildman–Crippen LogP) is 3.53. The summed E-state index contributed by atoms with van der Waals surface area (Å²) in [6, 6.07) is 12.5. The normalized spacial score (nSPS) is 10.5. The average Bonchev–Trinajstić information content (AvgIpc) is 2.98. The number of thiazole rings is 1. The van der Waals surface area contributed by atoms with Crippen LogP contribution >= 0.6 is 11.3 Å². The van der Waals surface area contributed by atoms with Crippen LogP contribution in [0, 0.1) is 12.7 Å². The van der Waals surface area contributed by atoms with E-state index in [1.54, 1.807) is 43.3 Å². The van der Waals surface area contributed by atoms with Crippen molar-refractivity contribution < 1.29 is 14.0 Å². The number of aryl methyl sites for hydroxylation is 1. The van der Waals surface area contributed by atoms with Crippen LogP contribution in [-0.2, 0) is 6.42 Å². The van der Waals surface area contributed by atoms with Crippen LogP contribution in [0.5, 0.6) is 0 Å². The van der Waals surface area contributed by atoms with E-state index in [0.29, 0.717) is 28.2 Å². The Kier molecular flexibility index (Phi) is 5.09. The number of hydrogen-bond donors (Lipinski definition) is 2. The Hall–Kier alpha value is -3.06. The van der Waals surface area contributed by atoms with Crippen molar-refractivity contribution in [3.63, 3.8) is 0 Å². The van der Waals surface area contributed by atoms with Crippen molar-refractivity contribution in [2.24, 2.45) is 5.73 Å². The maximum Gasteiger partial charge on any atom is 0.267 e. The van der Waals surface area contributed by atoms with E-state index in [0.717, 1.165) is 10.6 Å². The summed E-state index contributed by atoms with van der Waals surface area (Å²) < 4.78 is 13.0. The van der Waals surface area contributed by atoms with Crippen LogP contribution in [0.25, 0.3) is 0 Å². The van der Waals surface area contributed by atoms with Crippen molar-refractivity contribution in [2.45, 2.75) is 13.3 Å². The number of nitrogens with one attached hydrogen (secondary N) is 1. The van der Waals surface area contributed by atoms with Crippen molar-refractivity contribution in [2.75, 3.05) is 5.32 Å². The molecule has 0 fully saturated rings. The number of benzene rings is 2. The minimum Gasteiger partial charge on any atom is -0.366 e. The number of carbonyl (C=O) groups is 2. The Balaban J connectivity index is 1.72. The summed E-state index contributed by atoms with van der Waals surface area (Å²) in [5.41, 5.74) is 7.70. The maximum atomic E-state index is 13.0. The summed E-state index contributed by atoms with van der Waals surface area (Å²) in [6.07, 6.45) is 0.534. The number of anilines is 1. The molecule has 0 aliphatic rings. The van der Waals surface area contributed by atoms with Gasteiger partial charge >= 0.3 is 0 Å². The fourth-order valence-electron chi connectivity index (χ4n) is 2.42. The van der Waals surface area contributed by atoms with Crippen LogP contribution < -0.4 is 11.1 Å². The van der Waals surface area contributed by atoms with Crippen LogP contribution in [0.15, 0.2) is 48.5 Å². The summed E-state index contributed by atoms with van der Waals surface area (Å²) in [7, 11) is 0. The number of carbonyl (C=O) groups excluding carboxylic acids is 2. The molecule has 0 atom stereocenters. The highest BCUT2D eigenvalue weighted by Crippen LogP contribution is 2.22. The number of hydrogen-bond acceptors (Lipinski definition) is 4. The fraction of sp³-hybridized carbons (Fsp3) is 0.105. The van der Waals surface area contributed by atoms with Crippen LogP contribution in [0.3, 0.4) is 0 Å². The molecule has 3 aromatic rings. The number of amides is 2. The molecule has 1 heterocycles. The summed E-state index contributed by atoms with van der Waals surface area (Å²) in [6.45, 7) is 1.77. The van der Waals surface area contributed by atoms with Crippen LogP contribution in [-0.4, -0.2) is 16.8 Å². The average molecular weight is 369 g/mol. The molecule has 0 aliphatic carbocycles. The Morgan fingerprint density at radius 2 is 1.77 bits per heavy atom. The standard InChI is InChI=1S/C19H16FN3O2S/c1-11-17(19(25)23-15-8-4-13(5-9-15)18(21)24)26-16(22-11)10-12-2-6-14(20)7-3-12/h2-9H,10H2,1H3,(H2,21,24)(H,23,25). The van der Waals surface area contributed by atoms with Gasteiger partial charge in [0.15, 0.2) is 0 Å². The van der Waals surface area contributed by atoms with Gasteiger partial charge in [-0.15, -0.1) is 11.3 Å². The second-order valence-corrected chi connectivity index (χ2v) is 6.80. The number of aromatic nitrogens is 1. The quantitative estimate of drug-likeness (QED) is 0.721. The first kappa shape index (κ1) is 17.8. The van der Waals surface area contributed by atoms with Gasteiger partial charge in [-0.3, -0.25) is 9.59 Å². The zero-order valence-corrected chi connectivity index (χ0v) is 14.8. The largest absolute Gasteiger partial charge is 0.366 e. The molecule has 0 radical (unpaired) electrons. The Bertz CT molecular complexity index is 950. The molecule has 0 saturated carbocycles. The van der Waals surface area contributed by atoms with E-state index in [1.165, 1.54) is 23.5 Å². The van der Waals surface area contributed by atoms with Crippen molar-refractivity contribution in [1.82, 2.24) is 4.98 Å². The number of nitrogens with two attached hydrogens (primary N) is 1. The highest BCUT2D eigenvalue weighted by molar-refractivity contribution is 7.14. The van der Waals surface area contributed by atoms with Gasteiger partial charge in [0.2, 0.25) is 5.91 Å². The van der Waals surface area contributed by atoms with Crippen LogP contribution in [0.2, 0.25) is 0 Å². The Labute approximate surface area is 153 Å². The van der Waals surface area contributed by atoms with E-state index in [9.17, 15) is 14.0 Å². The van der Waals surface area contributed by atoms with E-state index >= 15 is 0 Å². The van der Waals surface area contributed by atoms with Gasteiger partial charge in [0.25, 0.3) is 5.91 Å². The maximum absolute atomic E-state index is 13.0. The third-order valence-corrected chi connectivity index (χ3v) is 4.90. The van der Waals surface area contributed by atoms with Crippen LogP contribution in [0.4, 0.5) is 10.1 Å². The summed E-state index contributed by atoms with van der Waals surface area (Å²) in [5.74, 6) is -1.07. The van der Waals surface area contributed by atoms with Crippen molar-refractivity contribution in [3.05, 3.63) is 81.1 Å². The summed E-state index contributed by atoms with van der Waals surface area (Å²) >= 11 is 1.30. The first-order chi connectivity index (χ1) is 12.4. The van der Waals surface area contributed by atoms with Gasteiger partial charge in [0.05, 0.1) is 10.7 Å².